The highest BCUT2D eigenvalue weighted by Gasteiger charge is 2.68. The summed E-state index contributed by atoms with van der Waals surface area (Å²) in [5.74, 6) is -2.53. The number of aliphatic carboxylic acids is 1. The van der Waals surface area contributed by atoms with Crippen LogP contribution in [-0.2, 0) is 4.79 Å². The minimum Gasteiger partial charge on any atom is -0.481 e. The van der Waals surface area contributed by atoms with Gasteiger partial charge < -0.3 is 5.11 Å². The highest BCUT2D eigenvalue weighted by Crippen LogP contribution is 2.65. The molecule has 98 valence electrons. The normalized spacial score (nSPS) is 19.3. The lowest BCUT2D eigenvalue weighted by Gasteiger charge is -2.26. The molecule has 7 heteroatoms. The second kappa shape index (κ2) is 4.22. The Kier molecular flexibility index (Phi) is 3.00. The van der Waals surface area contributed by atoms with Crippen molar-refractivity contribution in [3.8, 4) is 0 Å². The Morgan fingerprint density at radius 1 is 1.39 bits per heavy atom. The van der Waals surface area contributed by atoms with Crippen LogP contribution < -0.4 is 0 Å². The molecule has 0 radical (unpaired) electrons. The van der Waals surface area contributed by atoms with Crippen LogP contribution in [0.3, 0.4) is 0 Å². The summed E-state index contributed by atoms with van der Waals surface area (Å²) in [6.07, 6.45) is -2.51. The molecule has 0 aliphatic heterocycles. The summed E-state index contributed by atoms with van der Waals surface area (Å²) in [6, 6.07) is 1.48. The number of carbonyl (C=O) groups is 1. The third kappa shape index (κ3) is 2.16. The van der Waals surface area contributed by atoms with E-state index in [4.69, 9.17) is 5.11 Å². The molecule has 18 heavy (non-hydrogen) atoms. The van der Waals surface area contributed by atoms with Crippen molar-refractivity contribution in [1.82, 2.24) is 9.97 Å². The molecule has 1 saturated carbocycles. The van der Waals surface area contributed by atoms with E-state index in [1.54, 1.807) is 0 Å². The molecule has 1 N–H and O–H groups in total. The number of alkyl halides is 3. The minimum absolute atomic E-state index is 0.0466. The Balaban J connectivity index is 2.36. The van der Waals surface area contributed by atoms with Crippen LogP contribution in [0.15, 0.2) is 18.5 Å². The highest BCUT2D eigenvalue weighted by molar-refractivity contribution is 5.68. The van der Waals surface area contributed by atoms with Crippen LogP contribution in [-0.4, -0.2) is 27.2 Å². The van der Waals surface area contributed by atoms with Crippen molar-refractivity contribution in [2.75, 3.05) is 0 Å². The summed E-state index contributed by atoms with van der Waals surface area (Å²) in [4.78, 5) is 18.3. The molecule has 0 aromatic carbocycles. The van der Waals surface area contributed by atoms with E-state index in [1.165, 1.54) is 18.5 Å². The maximum atomic E-state index is 13.0. The van der Waals surface area contributed by atoms with Crippen molar-refractivity contribution in [1.29, 1.82) is 0 Å². The molecule has 0 bridgehead atoms. The smallest absolute Gasteiger partial charge is 0.395 e. The average molecular weight is 260 g/mol. The maximum Gasteiger partial charge on any atom is 0.395 e. The van der Waals surface area contributed by atoms with Gasteiger partial charge in [-0.25, -0.2) is 9.97 Å². The molecule has 0 spiro atoms. The number of rotatable bonds is 4. The molecule has 1 aliphatic rings. The van der Waals surface area contributed by atoms with Crippen LogP contribution in [0, 0.1) is 5.41 Å². The molecule has 4 nitrogen and oxygen atoms in total. The molecule has 1 unspecified atom stereocenters. The molecule has 2 rings (SSSR count). The SMILES string of the molecule is O=C(O)CC(c1ncccn1)C1(C(F)(F)F)CC1. The lowest BCUT2D eigenvalue weighted by Crippen LogP contribution is -2.33. The summed E-state index contributed by atoms with van der Waals surface area (Å²) in [5, 5.41) is 8.78. The van der Waals surface area contributed by atoms with Gasteiger partial charge in [-0.1, -0.05) is 0 Å². The Bertz CT molecular complexity index is 443. The third-order valence-electron chi connectivity index (χ3n) is 3.30. The third-order valence-corrected chi connectivity index (χ3v) is 3.30. The van der Waals surface area contributed by atoms with Gasteiger partial charge in [0.15, 0.2) is 0 Å². The van der Waals surface area contributed by atoms with Gasteiger partial charge in [0, 0.05) is 18.3 Å². The van der Waals surface area contributed by atoms with E-state index in [2.05, 4.69) is 9.97 Å². The van der Waals surface area contributed by atoms with E-state index in [9.17, 15) is 18.0 Å². The summed E-state index contributed by atoms with van der Waals surface area (Å²) in [5.41, 5.74) is -1.97. The second-order valence-corrected chi connectivity index (χ2v) is 4.41. The molecule has 1 aromatic heterocycles. The minimum atomic E-state index is -4.42. The number of aromatic nitrogens is 2. The van der Waals surface area contributed by atoms with Crippen LogP contribution >= 0.6 is 0 Å². The van der Waals surface area contributed by atoms with Gasteiger partial charge in [0.2, 0.25) is 0 Å². The molecule has 1 aromatic rings. The number of carboxylic acid groups (broad SMARTS) is 1. The standard InChI is InChI=1S/C11H11F3N2O2/c12-11(13,14)10(2-3-10)7(6-8(17)18)9-15-4-1-5-16-9/h1,4-5,7H,2-3,6H2,(H,17,18). The number of hydrogen-bond donors (Lipinski definition) is 1. The molecular weight excluding hydrogens is 249 g/mol. The average Bonchev–Trinajstić information content (AvgIpc) is 3.07. The summed E-state index contributed by atoms with van der Waals surface area (Å²) >= 11 is 0. The Labute approximate surface area is 101 Å². The number of carboxylic acids is 1. The predicted molar refractivity (Wildman–Crippen MR) is 54.7 cm³/mol. The monoisotopic (exact) mass is 260 g/mol. The Morgan fingerprint density at radius 3 is 2.33 bits per heavy atom. The van der Waals surface area contributed by atoms with Crippen molar-refractivity contribution in [2.45, 2.75) is 31.4 Å². The lowest BCUT2D eigenvalue weighted by atomic mass is 9.84. The summed E-state index contributed by atoms with van der Waals surface area (Å²) in [6.45, 7) is 0. The van der Waals surface area contributed by atoms with Gasteiger partial charge in [0.05, 0.1) is 11.8 Å². The zero-order chi connectivity index (χ0) is 13.4. The van der Waals surface area contributed by atoms with E-state index in [0.717, 1.165) is 0 Å². The predicted octanol–water partition coefficient (Wildman–Crippen LogP) is 2.38. The first kappa shape index (κ1) is 12.8. The van der Waals surface area contributed by atoms with Gasteiger partial charge in [-0.2, -0.15) is 13.2 Å². The first-order valence-corrected chi connectivity index (χ1v) is 5.42. The van der Waals surface area contributed by atoms with Crippen LogP contribution in [0.4, 0.5) is 13.2 Å². The van der Waals surface area contributed by atoms with E-state index >= 15 is 0 Å². The first-order valence-electron chi connectivity index (χ1n) is 5.42. The Hall–Kier alpha value is -1.66. The fraction of sp³-hybridized carbons (Fsp3) is 0.545. The molecule has 0 amide bonds. The number of nitrogens with zero attached hydrogens (tertiary/aromatic N) is 2. The lowest BCUT2D eigenvalue weighted by molar-refractivity contribution is -0.196. The zero-order valence-electron chi connectivity index (χ0n) is 9.31. The van der Waals surface area contributed by atoms with E-state index in [-0.39, 0.29) is 18.7 Å². The van der Waals surface area contributed by atoms with E-state index in [0.29, 0.717) is 0 Å². The molecule has 1 fully saturated rings. The van der Waals surface area contributed by atoms with Gasteiger partial charge >= 0.3 is 12.1 Å². The molecule has 1 atom stereocenters. The van der Waals surface area contributed by atoms with Gasteiger partial charge in [0.25, 0.3) is 0 Å². The fourth-order valence-corrected chi connectivity index (χ4v) is 2.16. The summed E-state index contributed by atoms with van der Waals surface area (Å²) < 4.78 is 39.1. The van der Waals surface area contributed by atoms with Crippen molar-refractivity contribution in [3.63, 3.8) is 0 Å². The largest absolute Gasteiger partial charge is 0.481 e. The number of halogens is 3. The van der Waals surface area contributed by atoms with Gasteiger partial charge in [-0.15, -0.1) is 0 Å². The van der Waals surface area contributed by atoms with Crippen LogP contribution in [0.2, 0.25) is 0 Å². The molecule has 1 aliphatic carbocycles. The summed E-state index contributed by atoms with van der Waals surface area (Å²) in [7, 11) is 0. The topological polar surface area (TPSA) is 63.1 Å². The van der Waals surface area contributed by atoms with E-state index in [1.807, 2.05) is 0 Å². The van der Waals surface area contributed by atoms with E-state index < -0.39 is 29.9 Å². The molecule has 1 heterocycles. The van der Waals surface area contributed by atoms with Crippen LogP contribution in [0.1, 0.15) is 31.0 Å². The zero-order valence-corrected chi connectivity index (χ0v) is 9.31. The highest BCUT2D eigenvalue weighted by atomic mass is 19.4. The first-order chi connectivity index (χ1) is 8.37. The van der Waals surface area contributed by atoms with Crippen molar-refractivity contribution in [3.05, 3.63) is 24.3 Å². The van der Waals surface area contributed by atoms with Gasteiger partial charge in [-0.05, 0) is 18.9 Å². The van der Waals surface area contributed by atoms with Crippen molar-refractivity contribution >= 4 is 5.97 Å². The van der Waals surface area contributed by atoms with Crippen LogP contribution in [0.25, 0.3) is 0 Å². The fourth-order valence-electron chi connectivity index (χ4n) is 2.16. The van der Waals surface area contributed by atoms with Crippen LogP contribution in [0.5, 0.6) is 0 Å². The molecule has 0 saturated heterocycles. The van der Waals surface area contributed by atoms with Crippen molar-refractivity contribution < 1.29 is 23.1 Å². The Morgan fingerprint density at radius 2 is 1.94 bits per heavy atom. The number of hydrogen-bond acceptors (Lipinski definition) is 3. The quantitative estimate of drug-likeness (QED) is 0.902. The van der Waals surface area contributed by atoms with Crippen molar-refractivity contribution in [2.24, 2.45) is 5.41 Å². The second-order valence-electron chi connectivity index (χ2n) is 4.41. The van der Waals surface area contributed by atoms with Gasteiger partial charge in [0.1, 0.15) is 5.82 Å². The van der Waals surface area contributed by atoms with Gasteiger partial charge in [-0.3, -0.25) is 4.79 Å². The maximum absolute atomic E-state index is 13.0. The molecular formula is C11H11F3N2O2.